The highest BCUT2D eigenvalue weighted by Gasteiger charge is 2.35. The van der Waals surface area contributed by atoms with Crippen molar-refractivity contribution < 1.29 is 62.0 Å². The summed E-state index contributed by atoms with van der Waals surface area (Å²) in [4.78, 5) is 93.3. The number of ether oxygens (including phenoxy) is 6. The predicted molar refractivity (Wildman–Crippen MR) is 239 cm³/mol. The molecule has 2 aromatic carbocycles. The molecular weight excluding hydrogens is 847 g/mol. The molecule has 0 aromatic heterocycles. The van der Waals surface area contributed by atoms with Gasteiger partial charge in [-0.3, -0.25) is 14.4 Å². The highest BCUT2D eigenvalue weighted by molar-refractivity contribution is 5.95. The lowest BCUT2D eigenvalue weighted by molar-refractivity contribution is -0.145. The zero-order chi connectivity index (χ0) is 48.9. The van der Waals surface area contributed by atoms with Crippen LogP contribution >= 0.6 is 0 Å². The van der Waals surface area contributed by atoms with E-state index in [0.717, 1.165) is 4.90 Å². The second-order valence-corrected chi connectivity index (χ2v) is 18.3. The van der Waals surface area contributed by atoms with Crippen molar-refractivity contribution in [3.05, 3.63) is 47.5 Å². The molecular formula is C45H67N7O13. The van der Waals surface area contributed by atoms with Crippen molar-refractivity contribution in [1.29, 1.82) is 0 Å². The summed E-state index contributed by atoms with van der Waals surface area (Å²) in [6.07, 6.45) is -2.05. The molecule has 0 spiro atoms. The maximum Gasteiger partial charge on any atom is 0.407 e. The third-order valence-electron chi connectivity index (χ3n) is 9.13. The summed E-state index contributed by atoms with van der Waals surface area (Å²) in [7, 11) is 2.56. The Labute approximate surface area is 380 Å². The number of carbonyl (C=O) groups excluding carboxylic acids is 7. The zero-order valence-corrected chi connectivity index (χ0v) is 39.6. The number of methoxy groups -OCH3 is 1. The molecule has 6 amide bonds. The third kappa shape index (κ3) is 17.6. The average molecular weight is 914 g/mol. The van der Waals surface area contributed by atoms with E-state index in [1.165, 1.54) is 21.1 Å². The average Bonchev–Trinajstić information content (AvgIpc) is 3.18. The number of fused-ring (bicyclic) bond motifs is 5. The standard InChI is InChI=1S/C45H67N7O13/c1-26-36(53)51-32(39(56)60-12)24-27-13-15-33(61-21-19-48-41(58)64-44(5,6)7)29(23-27)30-25-28(14-16-34(30)62-22-20-49-42(59)65-45(8,9)10)35(37(54)50-26)52(11)38(55)31(46)17-18-47-40(57)63-43(2,3)4/h13-16,23,25-26,31-32,35H,17-22,24,46H2,1-12H3,(H,47,57)(H,48,58)(H,49,59)(H,50,54)(H,51,53)/t26-,31-,32-,35-/m0/s1. The lowest BCUT2D eigenvalue weighted by atomic mass is 9.93. The highest BCUT2D eigenvalue weighted by Crippen LogP contribution is 2.40. The molecule has 0 aliphatic carbocycles. The highest BCUT2D eigenvalue weighted by atomic mass is 16.6. The molecule has 0 unspecified atom stereocenters. The maximum atomic E-state index is 14.4. The predicted octanol–water partition coefficient (Wildman–Crippen LogP) is 3.62. The molecule has 20 heteroatoms. The zero-order valence-electron chi connectivity index (χ0n) is 39.6. The van der Waals surface area contributed by atoms with E-state index in [1.54, 1.807) is 98.7 Å². The molecule has 7 N–H and O–H groups in total. The van der Waals surface area contributed by atoms with Crippen LogP contribution in [-0.2, 0) is 44.5 Å². The van der Waals surface area contributed by atoms with Gasteiger partial charge in [-0.15, -0.1) is 0 Å². The number of amides is 6. The minimum absolute atomic E-state index is 0.0174. The number of nitrogens with two attached hydrogens (primary N) is 1. The van der Waals surface area contributed by atoms with E-state index in [-0.39, 0.29) is 62.8 Å². The quantitative estimate of drug-likeness (QED) is 0.0899. The molecule has 0 radical (unpaired) electrons. The molecule has 1 heterocycles. The Hall–Kier alpha value is -6.31. The molecule has 4 bridgehead atoms. The Morgan fingerprint density at radius 3 is 1.69 bits per heavy atom. The minimum atomic E-state index is -1.41. The van der Waals surface area contributed by atoms with E-state index in [0.29, 0.717) is 16.7 Å². The molecule has 0 saturated heterocycles. The van der Waals surface area contributed by atoms with Gasteiger partial charge in [0.25, 0.3) is 0 Å². The van der Waals surface area contributed by atoms with Gasteiger partial charge in [-0.2, -0.15) is 0 Å². The molecule has 1 aliphatic rings. The van der Waals surface area contributed by atoms with E-state index >= 15 is 0 Å². The number of esters is 1. The van der Waals surface area contributed by atoms with Crippen LogP contribution in [0.3, 0.4) is 0 Å². The summed E-state index contributed by atoms with van der Waals surface area (Å²) in [5, 5.41) is 13.2. The first-order valence-corrected chi connectivity index (χ1v) is 21.3. The number of nitrogens with zero attached hydrogens (tertiary/aromatic N) is 1. The van der Waals surface area contributed by atoms with Crippen molar-refractivity contribution in [3.63, 3.8) is 0 Å². The molecule has 1 aliphatic heterocycles. The molecule has 20 nitrogen and oxygen atoms in total. The van der Waals surface area contributed by atoms with Gasteiger partial charge in [0.15, 0.2) is 0 Å². The van der Waals surface area contributed by atoms with E-state index in [2.05, 4.69) is 26.6 Å². The molecule has 0 fully saturated rings. The summed E-state index contributed by atoms with van der Waals surface area (Å²) in [5.41, 5.74) is 5.74. The SMILES string of the molecule is COC(=O)[C@@H]1Cc2ccc(OCCNC(=O)OC(C)(C)C)c(c2)-c2cc(ccc2OCCNC(=O)OC(C)(C)C)[C@H](N(C)C(=O)[C@@H](N)CCNC(=O)OC(C)(C)C)C(=O)N[C@@H](C)C(=O)N1. The van der Waals surface area contributed by atoms with Gasteiger partial charge >= 0.3 is 24.2 Å². The van der Waals surface area contributed by atoms with Crippen LogP contribution in [0.1, 0.15) is 92.8 Å². The summed E-state index contributed by atoms with van der Waals surface area (Å²) >= 11 is 0. The number of benzene rings is 2. The number of hydrogen-bond donors (Lipinski definition) is 6. The van der Waals surface area contributed by atoms with Crippen LogP contribution in [0.2, 0.25) is 0 Å². The van der Waals surface area contributed by atoms with Crippen LogP contribution in [0.4, 0.5) is 14.4 Å². The second kappa shape index (κ2) is 23.0. The van der Waals surface area contributed by atoms with E-state index < -0.39 is 82.9 Å². The molecule has 2 aromatic rings. The van der Waals surface area contributed by atoms with Gasteiger partial charge in [0.1, 0.15) is 59.6 Å². The van der Waals surface area contributed by atoms with Crippen molar-refractivity contribution in [2.75, 3.05) is 47.0 Å². The minimum Gasteiger partial charge on any atom is -0.491 e. The summed E-state index contributed by atoms with van der Waals surface area (Å²) in [6, 6.07) is 4.85. The number of hydrogen-bond acceptors (Lipinski definition) is 14. The number of likely N-dealkylation sites (N-methyl/N-ethyl adjacent to an activating group) is 1. The van der Waals surface area contributed by atoms with Crippen LogP contribution in [0, 0.1) is 0 Å². The molecule has 65 heavy (non-hydrogen) atoms. The Balaban J connectivity index is 2.17. The first-order chi connectivity index (χ1) is 30.2. The Kier molecular flexibility index (Phi) is 18.8. The normalized spacial score (nSPS) is 17.1. The number of rotatable bonds is 14. The Morgan fingerprint density at radius 1 is 0.723 bits per heavy atom. The molecule has 3 rings (SSSR count). The van der Waals surface area contributed by atoms with Gasteiger partial charge < -0.3 is 65.6 Å². The van der Waals surface area contributed by atoms with Gasteiger partial charge in [0.2, 0.25) is 17.7 Å². The van der Waals surface area contributed by atoms with Crippen molar-refractivity contribution in [2.45, 2.75) is 123 Å². The number of carbonyl (C=O) groups is 7. The topological polar surface area (TPSA) is 264 Å². The van der Waals surface area contributed by atoms with Gasteiger partial charge in [0, 0.05) is 31.1 Å². The van der Waals surface area contributed by atoms with E-state index in [1.807, 2.05) is 0 Å². The van der Waals surface area contributed by atoms with Crippen LogP contribution in [0.5, 0.6) is 11.5 Å². The smallest absolute Gasteiger partial charge is 0.407 e. The Bertz CT molecular complexity index is 2020. The van der Waals surface area contributed by atoms with Crippen molar-refractivity contribution in [1.82, 2.24) is 31.5 Å². The first kappa shape index (κ1) is 53.0. The fourth-order valence-electron chi connectivity index (χ4n) is 6.28. The van der Waals surface area contributed by atoms with Crippen molar-refractivity contribution in [3.8, 4) is 22.6 Å². The summed E-state index contributed by atoms with van der Waals surface area (Å²) in [5.74, 6) is -2.33. The van der Waals surface area contributed by atoms with Crippen LogP contribution < -0.4 is 41.8 Å². The monoisotopic (exact) mass is 913 g/mol. The lowest BCUT2D eigenvalue weighted by Crippen LogP contribution is -2.54. The van der Waals surface area contributed by atoms with Crippen LogP contribution in [0.15, 0.2) is 36.4 Å². The van der Waals surface area contributed by atoms with Crippen molar-refractivity contribution >= 4 is 42.0 Å². The lowest BCUT2D eigenvalue weighted by Gasteiger charge is -2.31. The van der Waals surface area contributed by atoms with Crippen LogP contribution in [0.25, 0.3) is 11.1 Å². The van der Waals surface area contributed by atoms with E-state index in [9.17, 15) is 33.6 Å². The maximum absolute atomic E-state index is 14.4. The van der Waals surface area contributed by atoms with Gasteiger partial charge in [-0.05, 0) is 111 Å². The Morgan fingerprint density at radius 2 is 1.20 bits per heavy atom. The number of nitrogens with one attached hydrogen (secondary N) is 5. The fraction of sp³-hybridized carbons (Fsp3) is 0.578. The largest absolute Gasteiger partial charge is 0.491 e. The fourth-order valence-corrected chi connectivity index (χ4v) is 6.28. The number of alkyl carbamates (subject to hydrolysis) is 3. The van der Waals surface area contributed by atoms with Gasteiger partial charge in [-0.1, -0.05) is 12.1 Å². The molecule has 0 saturated carbocycles. The van der Waals surface area contributed by atoms with Gasteiger partial charge in [0.05, 0.1) is 26.2 Å². The summed E-state index contributed by atoms with van der Waals surface area (Å²) in [6.45, 7) is 17.0. The molecule has 360 valence electrons. The van der Waals surface area contributed by atoms with Crippen LogP contribution in [-0.4, -0.2) is 129 Å². The second-order valence-electron chi connectivity index (χ2n) is 18.3. The third-order valence-corrected chi connectivity index (χ3v) is 9.13. The van der Waals surface area contributed by atoms with E-state index in [4.69, 9.17) is 34.2 Å². The first-order valence-electron chi connectivity index (χ1n) is 21.3. The van der Waals surface area contributed by atoms with Crippen molar-refractivity contribution in [2.24, 2.45) is 5.73 Å². The van der Waals surface area contributed by atoms with Gasteiger partial charge in [-0.25, -0.2) is 19.2 Å². The molecule has 4 atom stereocenters. The summed E-state index contributed by atoms with van der Waals surface area (Å²) < 4.78 is 33.5.